The summed E-state index contributed by atoms with van der Waals surface area (Å²) in [6.45, 7) is 3.35. The second-order valence-corrected chi connectivity index (χ2v) is 3.63. The SMILES string of the molecule is Cc1ccc(C)c(C(N)CC(=O)O)c1F. The highest BCUT2D eigenvalue weighted by Crippen LogP contribution is 2.24. The van der Waals surface area contributed by atoms with Gasteiger partial charge in [-0.1, -0.05) is 12.1 Å². The number of hydrogen-bond acceptors (Lipinski definition) is 2. The topological polar surface area (TPSA) is 63.3 Å². The molecule has 0 aliphatic carbocycles. The van der Waals surface area contributed by atoms with Crippen molar-refractivity contribution in [2.24, 2.45) is 5.73 Å². The molecular formula is C11H14FNO2. The smallest absolute Gasteiger partial charge is 0.305 e. The van der Waals surface area contributed by atoms with Crippen molar-refractivity contribution in [1.82, 2.24) is 0 Å². The molecule has 0 aromatic heterocycles. The molecule has 0 aliphatic heterocycles. The molecule has 1 aromatic rings. The maximum Gasteiger partial charge on any atom is 0.305 e. The highest BCUT2D eigenvalue weighted by molar-refractivity contribution is 5.68. The first-order chi connectivity index (χ1) is 6.93. The maximum atomic E-state index is 13.7. The van der Waals surface area contributed by atoms with Crippen molar-refractivity contribution in [1.29, 1.82) is 0 Å². The first-order valence-corrected chi connectivity index (χ1v) is 4.66. The molecule has 0 heterocycles. The Labute approximate surface area is 87.7 Å². The third-order valence-electron chi connectivity index (χ3n) is 2.36. The Balaban J connectivity index is 3.12. The molecule has 1 unspecified atom stereocenters. The monoisotopic (exact) mass is 211 g/mol. The van der Waals surface area contributed by atoms with E-state index in [4.69, 9.17) is 10.8 Å². The molecule has 15 heavy (non-hydrogen) atoms. The van der Waals surface area contributed by atoms with E-state index in [0.717, 1.165) is 0 Å². The van der Waals surface area contributed by atoms with Gasteiger partial charge in [0, 0.05) is 11.6 Å². The summed E-state index contributed by atoms with van der Waals surface area (Å²) in [5, 5.41) is 8.59. The molecule has 0 spiro atoms. The second kappa shape index (κ2) is 4.40. The predicted molar refractivity (Wildman–Crippen MR) is 55.1 cm³/mol. The van der Waals surface area contributed by atoms with Crippen molar-refractivity contribution in [3.63, 3.8) is 0 Å². The lowest BCUT2D eigenvalue weighted by Gasteiger charge is -2.15. The van der Waals surface area contributed by atoms with E-state index in [1.807, 2.05) is 0 Å². The minimum Gasteiger partial charge on any atom is -0.481 e. The van der Waals surface area contributed by atoms with Gasteiger partial charge in [0.05, 0.1) is 6.42 Å². The Bertz CT molecular complexity index is 390. The quantitative estimate of drug-likeness (QED) is 0.802. The Hall–Kier alpha value is -1.42. The van der Waals surface area contributed by atoms with Crippen LogP contribution in [0.2, 0.25) is 0 Å². The summed E-state index contributed by atoms with van der Waals surface area (Å²) in [4.78, 5) is 10.5. The summed E-state index contributed by atoms with van der Waals surface area (Å²) in [5.41, 5.74) is 7.12. The first kappa shape index (κ1) is 11.7. The molecular weight excluding hydrogens is 197 g/mol. The van der Waals surface area contributed by atoms with E-state index in [1.165, 1.54) is 0 Å². The lowest BCUT2D eigenvalue weighted by atomic mass is 9.96. The first-order valence-electron chi connectivity index (χ1n) is 4.66. The van der Waals surface area contributed by atoms with E-state index in [1.54, 1.807) is 26.0 Å². The number of carboxylic acids is 1. The normalized spacial score (nSPS) is 12.5. The Morgan fingerprint density at radius 3 is 2.53 bits per heavy atom. The van der Waals surface area contributed by atoms with Gasteiger partial charge in [-0.3, -0.25) is 4.79 Å². The molecule has 0 bridgehead atoms. The van der Waals surface area contributed by atoms with Crippen LogP contribution >= 0.6 is 0 Å². The van der Waals surface area contributed by atoms with Gasteiger partial charge in [0.25, 0.3) is 0 Å². The summed E-state index contributed by atoms with van der Waals surface area (Å²) >= 11 is 0. The highest BCUT2D eigenvalue weighted by atomic mass is 19.1. The van der Waals surface area contributed by atoms with Gasteiger partial charge in [0.1, 0.15) is 5.82 Å². The second-order valence-electron chi connectivity index (χ2n) is 3.63. The number of benzene rings is 1. The molecule has 1 atom stereocenters. The molecule has 4 heteroatoms. The summed E-state index contributed by atoms with van der Waals surface area (Å²) in [5.74, 6) is -1.42. The van der Waals surface area contributed by atoms with Crippen molar-refractivity contribution in [2.45, 2.75) is 26.3 Å². The Kier molecular flexibility index (Phi) is 3.42. The summed E-state index contributed by atoms with van der Waals surface area (Å²) in [7, 11) is 0. The van der Waals surface area contributed by atoms with Crippen LogP contribution in [0, 0.1) is 19.7 Å². The fourth-order valence-corrected chi connectivity index (χ4v) is 1.54. The van der Waals surface area contributed by atoms with Crippen molar-refractivity contribution >= 4 is 5.97 Å². The Morgan fingerprint density at radius 2 is 2.00 bits per heavy atom. The molecule has 0 radical (unpaired) electrons. The van der Waals surface area contributed by atoms with E-state index in [9.17, 15) is 9.18 Å². The van der Waals surface area contributed by atoms with Gasteiger partial charge in [-0.05, 0) is 25.0 Å². The number of aliphatic carboxylic acids is 1. The van der Waals surface area contributed by atoms with Gasteiger partial charge in [0.15, 0.2) is 0 Å². The number of aryl methyl sites for hydroxylation is 2. The molecule has 0 saturated carbocycles. The van der Waals surface area contributed by atoms with Crippen molar-refractivity contribution < 1.29 is 14.3 Å². The summed E-state index contributed by atoms with van der Waals surface area (Å²) in [6, 6.07) is 2.61. The maximum absolute atomic E-state index is 13.7. The van der Waals surface area contributed by atoms with Gasteiger partial charge < -0.3 is 10.8 Å². The minimum atomic E-state index is -1.03. The van der Waals surface area contributed by atoms with E-state index in [-0.39, 0.29) is 6.42 Å². The average molecular weight is 211 g/mol. The number of halogens is 1. The van der Waals surface area contributed by atoms with Crippen molar-refractivity contribution in [3.8, 4) is 0 Å². The molecule has 3 N–H and O–H groups in total. The van der Waals surface area contributed by atoms with Crippen LogP contribution in [0.1, 0.15) is 29.2 Å². The lowest BCUT2D eigenvalue weighted by molar-refractivity contribution is -0.137. The van der Waals surface area contributed by atoms with Crippen molar-refractivity contribution in [3.05, 3.63) is 34.6 Å². The summed E-state index contributed by atoms with van der Waals surface area (Å²) in [6.07, 6.45) is -0.263. The molecule has 0 amide bonds. The van der Waals surface area contributed by atoms with Crippen LogP contribution in [0.15, 0.2) is 12.1 Å². The lowest BCUT2D eigenvalue weighted by Crippen LogP contribution is -2.18. The van der Waals surface area contributed by atoms with Crippen LogP contribution in [0.25, 0.3) is 0 Å². The molecule has 82 valence electrons. The predicted octanol–water partition coefficient (Wildman–Crippen LogP) is 1.92. The number of carboxylic acid groups (broad SMARTS) is 1. The number of carbonyl (C=O) groups is 1. The fraction of sp³-hybridized carbons (Fsp3) is 0.364. The van der Waals surface area contributed by atoms with Crippen LogP contribution in [-0.4, -0.2) is 11.1 Å². The van der Waals surface area contributed by atoms with Crippen LogP contribution in [0.4, 0.5) is 4.39 Å². The average Bonchev–Trinajstić information content (AvgIpc) is 2.11. The molecule has 1 aromatic carbocycles. The fourth-order valence-electron chi connectivity index (χ4n) is 1.54. The molecule has 1 rings (SSSR count). The third kappa shape index (κ3) is 2.53. The van der Waals surface area contributed by atoms with Crippen molar-refractivity contribution in [2.75, 3.05) is 0 Å². The van der Waals surface area contributed by atoms with Crippen LogP contribution in [-0.2, 0) is 4.79 Å². The van der Waals surface area contributed by atoms with Gasteiger partial charge in [-0.2, -0.15) is 0 Å². The zero-order valence-electron chi connectivity index (χ0n) is 8.75. The molecule has 3 nitrogen and oxygen atoms in total. The number of nitrogens with two attached hydrogens (primary N) is 1. The van der Waals surface area contributed by atoms with Gasteiger partial charge in [0.2, 0.25) is 0 Å². The molecule has 0 fully saturated rings. The van der Waals surface area contributed by atoms with E-state index < -0.39 is 17.8 Å². The third-order valence-corrected chi connectivity index (χ3v) is 2.36. The number of rotatable bonds is 3. The van der Waals surface area contributed by atoms with E-state index in [0.29, 0.717) is 16.7 Å². The van der Waals surface area contributed by atoms with Gasteiger partial charge >= 0.3 is 5.97 Å². The van der Waals surface area contributed by atoms with Gasteiger partial charge in [-0.15, -0.1) is 0 Å². The molecule has 0 aliphatic rings. The largest absolute Gasteiger partial charge is 0.481 e. The number of hydrogen-bond donors (Lipinski definition) is 2. The standard InChI is InChI=1S/C11H14FNO2/c1-6-3-4-7(2)11(12)10(6)8(13)5-9(14)15/h3-4,8H,5,13H2,1-2H3,(H,14,15). The Morgan fingerprint density at radius 1 is 1.47 bits per heavy atom. The highest BCUT2D eigenvalue weighted by Gasteiger charge is 2.18. The zero-order chi connectivity index (χ0) is 11.6. The van der Waals surface area contributed by atoms with E-state index in [2.05, 4.69) is 0 Å². The van der Waals surface area contributed by atoms with E-state index >= 15 is 0 Å². The van der Waals surface area contributed by atoms with Crippen LogP contribution < -0.4 is 5.73 Å². The summed E-state index contributed by atoms with van der Waals surface area (Å²) < 4.78 is 13.7. The minimum absolute atomic E-state index is 0.263. The van der Waals surface area contributed by atoms with Crippen LogP contribution in [0.5, 0.6) is 0 Å². The zero-order valence-corrected chi connectivity index (χ0v) is 8.75. The van der Waals surface area contributed by atoms with Crippen LogP contribution in [0.3, 0.4) is 0 Å². The molecule has 0 saturated heterocycles. The van der Waals surface area contributed by atoms with Gasteiger partial charge in [-0.25, -0.2) is 4.39 Å².